The number of carbonyl (C=O) groups is 1. The van der Waals surface area contributed by atoms with E-state index < -0.39 is 15.9 Å². The lowest BCUT2D eigenvalue weighted by Gasteiger charge is -2.04. The highest BCUT2D eigenvalue weighted by atomic mass is 35.5. The average Bonchev–Trinajstić information content (AvgIpc) is 2.16. The summed E-state index contributed by atoms with van der Waals surface area (Å²) in [5, 5.41) is 0. The Kier molecular flexibility index (Phi) is 6.15. The van der Waals surface area contributed by atoms with Crippen LogP contribution in [0, 0.1) is 0 Å². The van der Waals surface area contributed by atoms with Crippen LogP contribution in [0.15, 0.2) is 24.3 Å². The fourth-order valence-electron chi connectivity index (χ4n) is 1.26. The maximum Gasteiger partial charge on any atom is 0.264 e. The predicted molar refractivity (Wildman–Crippen MR) is 68.8 cm³/mol. The van der Waals surface area contributed by atoms with Gasteiger partial charge in [-0.2, -0.15) is 0 Å². The number of carbonyl (C=O) groups excluding carboxylic acids is 1. The average molecular weight is 279 g/mol. The van der Waals surface area contributed by atoms with Crippen molar-refractivity contribution in [2.24, 2.45) is 5.73 Å². The smallest absolute Gasteiger partial charge is 0.264 e. The van der Waals surface area contributed by atoms with Crippen LogP contribution in [0.4, 0.5) is 0 Å². The lowest BCUT2D eigenvalue weighted by atomic mass is 10.1. The molecule has 0 spiro atoms. The highest BCUT2D eigenvalue weighted by molar-refractivity contribution is 7.89. The third-order valence-electron chi connectivity index (χ3n) is 1.90. The van der Waals surface area contributed by atoms with Gasteiger partial charge in [0.25, 0.3) is 5.91 Å². The fraction of sp³-hybridized carbons (Fsp3) is 0.300. The van der Waals surface area contributed by atoms with E-state index in [4.69, 9.17) is 5.73 Å². The van der Waals surface area contributed by atoms with Crippen molar-refractivity contribution in [2.75, 3.05) is 12.8 Å². The van der Waals surface area contributed by atoms with Gasteiger partial charge in [-0.05, 0) is 30.7 Å². The first-order valence-corrected chi connectivity index (χ1v) is 6.62. The van der Waals surface area contributed by atoms with Gasteiger partial charge in [-0.3, -0.25) is 4.79 Å². The number of nitrogens with two attached hydrogens (primary N) is 1. The number of hydrogen-bond acceptors (Lipinski definition) is 4. The van der Waals surface area contributed by atoms with Crippen LogP contribution in [0.3, 0.4) is 0 Å². The second kappa shape index (κ2) is 6.58. The molecule has 0 aliphatic carbocycles. The van der Waals surface area contributed by atoms with Gasteiger partial charge in [0.2, 0.25) is 10.0 Å². The molecular formula is C10H15ClN2O3S. The number of rotatable bonds is 4. The SMILES string of the molecule is CS(=O)(=O)NC(=O)c1cccc(CCN)c1.Cl. The first-order chi connectivity index (χ1) is 7.42. The highest BCUT2D eigenvalue weighted by Gasteiger charge is 2.10. The molecule has 5 nitrogen and oxygen atoms in total. The van der Waals surface area contributed by atoms with E-state index in [0.717, 1.165) is 11.8 Å². The number of halogens is 1. The van der Waals surface area contributed by atoms with Gasteiger partial charge in [-0.25, -0.2) is 13.1 Å². The summed E-state index contributed by atoms with van der Waals surface area (Å²) in [7, 11) is -3.52. The summed E-state index contributed by atoms with van der Waals surface area (Å²) in [6, 6.07) is 6.72. The van der Waals surface area contributed by atoms with Crippen LogP contribution in [0.2, 0.25) is 0 Å². The Morgan fingerprint density at radius 1 is 1.41 bits per heavy atom. The van der Waals surface area contributed by atoms with Crippen molar-refractivity contribution < 1.29 is 13.2 Å². The minimum absolute atomic E-state index is 0. The van der Waals surface area contributed by atoms with Gasteiger partial charge in [0.05, 0.1) is 6.26 Å². The zero-order valence-corrected chi connectivity index (χ0v) is 11.0. The molecule has 0 fully saturated rings. The zero-order valence-electron chi connectivity index (χ0n) is 9.34. The Balaban J connectivity index is 0.00000256. The quantitative estimate of drug-likeness (QED) is 0.829. The van der Waals surface area contributed by atoms with E-state index in [1.807, 2.05) is 10.8 Å². The van der Waals surface area contributed by atoms with Crippen molar-refractivity contribution in [1.29, 1.82) is 0 Å². The molecule has 0 atom stereocenters. The number of nitrogens with one attached hydrogen (secondary N) is 1. The van der Waals surface area contributed by atoms with E-state index in [2.05, 4.69) is 0 Å². The maximum absolute atomic E-state index is 11.5. The third-order valence-corrected chi connectivity index (χ3v) is 2.46. The van der Waals surface area contributed by atoms with Gasteiger partial charge in [-0.1, -0.05) is 12.1 Å². The maximum atomic E-state index is 11.5. The summed E-state index contributed by atoms with van der Waals surface area (Å²) in [4.78, 5) is 11.5. The first-order valence-electron chi connectivity index (χ1n) is 4.73. The van der Waals surface area contributed by atoms with Crippen molar-refractivity contribution in [1.82, 2.24) is 4.72 Å². The standard InChI is InChI=1S/C10H14N2O3S.ClH/c1-16(14,15)12-10(13)9-4-2-3-8(7-9)5-6-11;/h2-4,7H,5-6,11H2,1H3,(H,12,13);1H. The Morgan fingerprint density at radius 3 is 2.59 bits per heavy atom. The number of sulfonamides is 1. The Morgan fingerprint density at radius 2 is 2.06 bits per heavy atom. The minimum Gasteiger partial charge on any atom is -0.330 e. The second-order valence-electron chi connectivity index (χ2n) is 3.44. The summed E-state index contributed by atoms with van der Waals surface area (Å²) in [6.07, 6.45) is 1.59. The molecule has 0 heterocycles. The molecule has 1 aromatic carbocycles. The van der Waals surface area contributed by atoms with Crippen molar-refractivity contribution in [3.8, 4) is 0 Å². The monoisotopic (exact) mass is 278 g/mol. The molecular weight excluding hydrogens is 264 g/mol. The second-order valence-corrected chi connectivity index (χ2v) is 5.19. The summed E-state index contributed by atoms with van der Waals surface area (Å²) in [5.41, 5.74) is 6.61. The van der Waals surface area contributed by atoms with Crippen molar-refractivity contribution in [3.05, 3.63) is 35.4 Å². The van der Waals surface area contributed by atoms with Crippen molar-refractivity contribution in [3.63, 3.8) is 0 Å². The molecule has 0 aromatic heterocycles. The van der Waals surface area contributed by atoms with E-state index in [0.29, 0.717) is 18.5 Å². The van der Waals surface area contributed by atoms with Crippen LogP contribution in [-0.4, -0.2) is 27.1 Å². The Labute approximate surface area is 107 Å². The molecule has 96 valence electrons. The summed E-state index contributed by atoms with van der Waals surface area (Å²) < 4.78 is 23.7. The summed E-state index contributed by atoms with van der Waals surface area (Å²) in [6.45, 7) is 0.483. The van der Waals surface area contributed by atoms with Crippen LogP contribution >= 0.6 is 12.4 Å². The van der Waals surface area contributed by atoms with Crippen LogP contribution in [0.25, 0.3) is 0 Å². The van der Waals surface area contributed by atoms with Gasteiger partial charge >= 0.3 is 0 Å². The van der Waals surface area contributed by atoms with Gasteiger partial charge in [-0.15, -0.1) is 12.4 Å². The molecule has 1 rings (SSSR count). The lowest BCUT2D eigenvalue weighted by Crippen LogP contribution is -2.29. The summed E-state index contributed by atoms with van der Waals surface area (Å²) in [5.74, 6) is -0.624. The van der Waals surface area contributed by atoms with E-state index >= 15 is 0 Å². The predicted octanol–water partition coefficient (Wildman–Crippen LogP) is 0.299. The molecule has 17 heavy (non-hydrogen) atoms. The molecule has 0 bridgehead atoms. The van der Waals surface area contributed by atoms with Gasteiger partial charge in [0.15, 0.2) is 0 Å². The molecule has 0 saturated heterocycles. The van der Waals surface area contributed by atoms with E-state index in [9.17, 15) is 13.2 Å². The third kappa shape index (κ3) is 5.67. The number of amides is 1. The van der Waals surface area contributed by atoms with Gasteiger partial charge in [0.1, 0.15) is 0 Å². The number of benzene rings is 1. The first kappa shape index (κ1) is 15.9. The molecule has 1 aromatic rings. The molecule has 0 radical (unpaired) electrons. The molecule has 0 saturated carbocycles. The van der Waals surface area contributed by atoms with E-state index in [1.54, 1.807) is 18.2 Å². The van der Waals surface area contributed by atoms with Gasteiger partial charge in [0, 0.05) is 5.56 Å². The van der Waals surface area contributed by atoms with Crippen LogP contribution in [0.5, 0.6) is 0 Å². The Hall–Kier alpha value is -1.11. The molecule has 1 amide bonds. The largest absolute Gasteiger partial charge is 0.330 e. The highest BCUT2D eigenvalue weighted by Crippen LogP contribution is 2.05. The Bertz CT molecular complexity index is 488. The number of hydrogen-bond donors (Lipinski definition) is 2. The van der Waals surface area contributed by atoms with Crippen LogP contribution < -0.4 is 10.5 Å². The van der Waals surface area contributed by atoms with Crippen molar-refractivity contribution >= 4 is 28.3 Å². The summed E-state index contributed by atoms with van der Waals surface area (Å²) >= 11 is 0. The zero-order chi connectivity index (χ0) is 12.2. The normalized spacial score (nSPS) is 10.5. The lowest BCUT2D eigenvalue weighted by molar-refractivity contribution is 0.0981. The van der Waals surface area contributed by atoms with Crippen molar-refractivity contribution in [2.45, 2.75) is 6.42 Å². The topological polar surface area (TPSA) is 89.3 Å². The molecule has 0 aliphatic rings. The van der Waals surface area contributed by atoms with Crippen LogP contribution in [-0.2, 0) is 16.4 Å². The minimum atomic E-state index is -3.52. The van der Waals surface area contributed by atoms with Crippen LogP contribution in [0.1, 0.15) is 15.9 Å². The molecule has 0 unspecified atom stereocenters. The molecule has 7 heteroatoms. The molecule has 0 aliphatic heterocycles. The molecule has 3 N–H and O–H groups in total. The fourth-order valence-corrected chi connectivity index (χ4v) is 1.72. The van der Waals surface area contributed by atoms with E-state index in [1.165, 1.54) is 0 Å². The van der Waals surface area contributed by atoms with E-state index in [-0.39, 0.29) is 12.4 Å². The van der Waals surface area contributed by atoms with Gasteiger partial charge < -0.3 is 5.73 Å².